The monoisotopic (exact) mass is 280 g/mol. The summed E-state index contributed by atoms with van der Waals surface area (Å²) in [5, 5.41) is 6.32. The molecule has 0 aliphatic heterocycles. The highest BCUT2D eigenvalue weighted by Crippen LogP contribution is 2.22. The van der Waals surface area contributed by atoms with Crippen molar-refractivity contribution in [3.8, 4) is 0 Å². The lowest BCUT2D eigenvalue weighted by atomic mass is 10.1. The zero-order valence-corrected chi connectivity index (χ0v) is 11.5. The van der Waals surface area contributed by atoms with Crippen LogP contribution >= 0.6 is 0 Å². The van der Waals surface area contributed by atoms with E-state index in [0.717, 1.165) is 5.56 Å². The second-order valence-corrected chi connectivity index (χ2v) is 6.01. The van der Waals surface area contributed by atoms with Crippen molar-refractivity contribution in [1.29, 1.82) is 0 Å². The molecule has 4 N–H and O–H groups in total. The molecule has 2 aromatic rings. The molecular weight excluding hydrogens is 264 g/mol. The largest absolute Gasteiger partial charge is 0.398 e. The molecule has 2 rings (SSSR count). The number of aromatic amines is 1. The van der Waals surface area contributed by atoms with Gasteiger partial charge in [0, 0.05) is 11.7 Å². The van der Waals surface area contributed by atoms with E-state index < -0.39 is 16.1 Å². The Morgan fingerprint density at radius 3 is 2.63 bits per heavy atom. The molecule has 1 unspecified atom stereocenters. The number of anilines is 1. The molecule has 1 atom stereocenters. The zero-order valence-electron chi connectivity index (χ0n) is 10.7. The lowest BCUT2D eigenvalue weighted by Gasteiger charge is -2.16. The van der Waals surface area contributed by atoms with E-state index in [2.05, 4.69) is 14.9 Å². The molecule has 1 heterocycles. The first-order chi connectivity index (χ1) is 8.92. The van der Waals surface area contributed by atoms with Gasteiger partial charge in [0.2, 0.25) is 10.0 Å². The van der Waals surface area contributed by atoms with Crippen molar-refractivity contribution in [2.75, 3.05) is 5.73 Å². The van der Waals surface area contributed by atoms with E-state index in [1.54, 1.807) is 32.0 Å². The smallest absolute Gasteiger partial charge is 0.244 e. The van der Waals surface area contributed by atoms with Crippen LogP contribution in [0.5, 0.6) is 0 Å². The Morgan fingerprint density at radius 2 is 2.05 bits per heavy atom. The number of H-pyrrole nitrogens is 1. The van der Waals surface area contributed by atoms with Crippen molar-refractivity contribution in [3.05, 3.63) is 41.7 Å². The number of rotatable bonds is 4. The molecule has 0 spiro atoms. The molecule has 0 aliphatic rings. The quantitative estimate of drug-likeness (QED) is 0.736. The first-order valence-electron chi connectivity index (χ1n) is 5.78. The summed E-state index contributed by atoms with van der Waals surface area (Å²) in [4.78, 5) is 0.147. The summed E-state index contributed by atoms with van der Waals surface area (Å²) < 4.78 is 27.0. The lowest BCUT2D eigenvalue weighted by molar-refractivity contribution is 0.566. The highest BCUT2D eigenvalue weighted by molar-refractivity contribution is 7.89. The summed E-state index contributed by atoms with van der Waals surface area (Å²) in [5.74, 6) is 0. The van der Waals surface area contributed by atoms with Crippen LogP contribution in [0.4, 0.5) is 5.69 Å². The van der Waals surface area contributed by atoms with Crippen LogP contribution in [0.1, 0.15) is 24.2 Å². The van der Waals surface area contributed by atoms with Crippen molar-refractivity contribution in [1.82, 2.24) is 14.9 Å². The number of nitrogens with two attached hydrogens (primary N) is 1. The number of hydrogen-bond donors (Lipinski definition) is 3. The summed E-state index contributed by atoms with van der Waals surface area (Å²) in [7, 11) is -3.61. The maximum Gasteiger partial charge on any atom is 0.244 e. The summed E-state index contributed by atoms with van der Waals surface area (Å²) in [6.45, 7) is 3.40. The van der Waals surface area contributed by atoms with Crippen molar-refractivity contribution in [2.24, 2.45) is 0 Å². The van der Waals surface area contributed by atoms with Crippen LogP contribution < -0.4 is 10.5 Å². The third kappa shape index (κ3) is 2.77. The molecule has 1 aromatic heterocycles. The second kappa shape index (κ2) is 5.02. The number of nitrogens with zero attached hydrogens (tertiary/aromatic N) is 1. The number of nitrogens with one attached hydrogen (secondary N) is 2. The average molecular weight is 280 g/mol. The van der Waals surface area contributed by atoms with Crippen LogP contribution in [0.3, 0.4) is 0 Å². The lowest BCUT2D eigenvalue weighted by Crippen LogP contribution is -2.27. The molecule has 102 valence electrons. The molecule has 6 nitrogen and oxygen atoms in total. The molecule has 0 fully saturated rings. The number of benzene rings is 1. The topological polar surface area (TPSA) is 101 Å². The molecular formula is C12H16N4O2S. The molecule has 0 amide bonds. The summed E-state index contributed by atoms with van der Waals surface area (Å²) in [5.41, 5.74) is 7.64. The summed E-state index contributed by atoms with van der Waals surface area (Å²) in [6.07, 6.45) is 1.29. The van der Waals surface area contributed by atoms with Gasteiger partial charge in [-0.1, -0.05) is 18.2 Å². The van der Waals surface area contributed by atoms with Gasteiger partial charge in [-0.3, -0.25) is 5.10 Å². The number of nitrogen functional groups attached to an aromatic ring is 1. The van der Waals surface area contributed by atoms with E-state index in [0.29, 0.717) is 11.4 Å². The highest BCUT2D eigenvalue weighted by Gasteiger charge is 2.22. The Bertz CT molecular complexity index is 679. The number of aromatic nitrogens is 2. The van der Waals surface area contributed by atoms with Crippen molar-refractivity contribution in [3.63, 3.8) is 0 Å². The Kier molecular flexibility index (Phi) is 3.59. The Morgan fingerprint density at radius 1 is 1.37 bits per heavy atom. The number of sulfonamides is 1. The predicted octanol–water partition coefficient (Wildman–Crippen LogP) is 1.34. The fraction of sp³-hybridized carbons (Fsp3) is 0.250. The van der Waals surface area contributed by atoms with Gasteiger partial charge in [0.15, 0.2) is 0 Å². The predicted molar refractivity (Wildman–Crippen MR) is 72.9 cm³/mol. The average Bonchev–Trinajstić information content (AvgIpc) is 2.76. The van der Waals surface area contributed by atoms with Crippen LogP contribution in [0.15, 0.2) is 35.4 Å². The minimum absolute atomic E-state index is 0.147. The Hall–Kier alpha value is -1.86. The van der Waals surface area contributed by atoms with Gasteiger partial charge in [-0.2, -0.15) is 5.10 Å². The molecule has 1 aromatic carbocycles. The van der Waals surface area contributed by atoms with Crippen LogP contribution in [-0.2, 0) is 10.0 Å². The van der Waals surface area contributed by atoms with Gasteiger partial charge in [-0.25, -0.2) is 13.1 Å². The van der Waals surface area contributed by atoms with Gasteiger partial charge in [-0.15, -0.1) is 0 Å². The third-order valence-corrected chi connectivity index (χ3v) is 4.52. The van der Waals surface area contributed by atoms with Gasteiger partial charge in [0.05, 0.1) is 11.9 Å². The number of hydrogen-bond acceptors (Lipinski definition) is 4. The van der Waals surface area contributed by atoms with Crippen molar-refractivity contribution >= 4 is 15.7 Å². The molecule has 19 heavy (non-hydrogen) atoms. The van der Waals surface area contributed by atoms with E-state index in [1.165, 1.54) is 6.20 Å². The maximum absolute atomic E-state index is 12.2. The molecule has 7 heteroatoms. The highest BCUT2D eigenvalue weighted by atomic mass is 32.2. The van der Waals surface area contributed by atoms with E-state index in [-0.39, 0.29) is 4.90 Å². The molecule has 0 bridgehead atoms. The number of para-hydroxylation sites is 1. The van der Waals surface area contributed by atoms with Gasteiger partial charge < -0.3 is 5.73 Å². The van der Waals surface area contributed by atoms with Crippen LogP contribution in [-0.4, -0.2) is 18.6 Å². The Labute approximate surface area is 112 Å². The fourth-order valence-electron chi connectivity index (χ4n) is 1.88. The first kappa shape index (κ1) is 13.6. The zero-order chi connectivity index (χ0) is 14.0. The first-order valence-corrected chi connectivity index (χ1v) is 7.27. The van der Waals surface area contributed by atoms with Crippen molar-refractivity contribution < 1.29 is 8.42 Å². The minimum Gasteiger partial charge on any atom is -0.398 e. The van der Waals surface area contributed by atoms with E-state index in [4.69, 9.17) is 5.73 Å². The minimum atomic E-state index is -3.61. The summed E-state index contributed by atoms with van der Waals surface area (Å²) >= 11 is 0. The van der Waals surface area contributed by atoms with Crippen LogP contribution in [0, 0.1) is 6.92 Å². The third-order valence-electron chi connectivity index (χ3n) is 2.87. The van der Waals surface area contributed by atoms with E-state index in [9.17, 15) is 8.42 Å². The normalized spacial score (nSPS) is 13.4. The molecule has 0 saturated heterocycles. The SMILES string of the molecule is Cc1[nH]ncc1S(=O)(=O)NC(C)c1ccccc1N. The van der Waals surface area contributed by atoms with Gasteiger partial charge in [0.1, 0.15) is 4.90 Å². The van der Waals surface area contributed by atoms with Gasteiger partial charge in [-0.05, 0) is 25.5 Å². The van der Waals surface area contributed by atoms with Gasteiger partial charge in [0.25, 0.3) is 0 Å². The maximum atomic E-state index is 12.2. The van der Waals surface area contributed by atoms with Gasteiger partial charge >= 0.3 is 0 Å². The van der Waals surface area contributed by atoms with E-state index in [1.807, 2.05) is 6.07 Å². The second-order valence-electron chi connectivity index (χ2n) is 4.33. The van der Waals surface area contributed by atoms with Crippen LogP contribution in [0.25, 0.3) is 0 Å². The van der Waals surface area contributed by atoms with E-state index >= 15 is 0 Å². The molecule has 0 aliphatic carbocycles. The standard InChI is InChI=1S/C12H16N4O2S/c1-8(10-5-3-4-6-11(10)13)16-19(17,18)12-7-14-15-9(12)2/h3-8,16H,13H2,1-2H3,(H,14,15). The van der Waals surface area contributed by atoms with Crippen molar-refractivity contribution in [2.45, 2.75) is 24.8 Å². The molecule has 0 saturated carbocycles. The summed E-state index contributed by atoms with van der Waals surface area (Å²) in [6, 6.07) is 6.74. The Balaban J connectivity index is 2.27. The number of aryl methyl sites for hydroxylation is 1. The molecule has 0 radical (unpaired) electrons. The van der Waals surface area contributed by atoms with Crippen LogP contribution in [0.2, 0.25) is 0 Å². The fourth-order valence-corrected chi connectivity index (χ4v) is 3.24.